The van der Waals surface area contributed by atoms with Gasteiger partial charge in [-0.2, -0.15) is 0 Å². The van der Waals surface area contributed by atoms with Crippen LogP contribution in [0.15, 0.2) is 16.7 Å². The largest absolute Gasteiger partial charge is 0.469 e. The third-order valence-electron chi connectivity index (χ3n) is 2.94. The standard InChI is InChI=1S/C13H23NO/c1-5-7-14-13(10(3)6-2)12-8-11(4)15-9-12/h8-10,13-14H,5-7H2,1-4H3. The van der Waals surface area contributed by atoms with Crippen molar-refractivity contribution < 1.29 is 4.42 Å². The molecule has 1 heterocycles. The van der Waals surface area contributed by atoms with Crippen LogP contribution in [-0.2, 0) is 0 Å². The van der Waals surface area contributed by atoms with Gasteiger partial charge in [0.1, 0.15) is 5.76 Å². The van der Waals surface area contributed by atoms with E-state index >= 15 is 0 Å². The van der Waals surface area contributed by atoms with E-state index in [2.05, 4.69) is 32.2 Å². The molecule has 0 amide bonds. The Hall–Kier alpha value is -0.760. The summed E-state index contributed by atoms with van der Waals surface area (Å²) in [6.07, 6.45) is 4.24. The van der Waals surface area contributed by atoms with Crippen LogP contribution in [0.5, 0.6) is 0 Å². The van der Waals surface area contributed by atoms with Gasteiger partial charge in [-0.15, -0.1) is 0 Å². The molecule has 0 fully saturated rings. The summed E-state index contributed by atoms with van der Waals surface area (Å²) in [5.74, 6) is 1.64. The van der Waals surface area contributed by atoms with Gasteiger partial charge in [0.05, 0.1) is 6.26 Å². The molecule has 1 rings (SSSR count). The molecule has 0 aromatic carbocycles. The molecule has 2 heteroatoms. The number of hydrogen-bond donors (Lipinski definition) is 1. The predicted molar refractivity (Wildman–Crippen MR) is 63.9 cm³/mol. The van der Waals surface area contributed by atoms with E-state index in [1.807, 2.05) is 13.2 Å². The van der Waals surface area contributed by atoms with E-state index in [1.54, 1.807) is 0 Å². The molecule has 2 atom stereocenters. The Morgan fingerprint density at radius 2 is 2.13 bits per heavy atom. The Morgan fingerprint density at radius 1 is 1.40 bits per heavy atom. The second-order valence-electron chi connectivity index (χ2n) is 4.31. The van der Waals surface area contributed by atoms with E-state index < -0.39 is 0 Å². The molecule has 0 saturated carbocycles. The number of nitrogens with one attached hydrogen (secondary N) is 1. The molecular weight excluding hydrogens is 186 g/mol. The third kappa shape index (κ3) is 3.38. The van der Waals surface area contributed by atoms with Crippen LogP contribution in [0.25, 0.3) is 0 Å². The number of hydrogen-bond acceptors (Lipinski definition) is 2. The molecule has 15 heavy (non-hydrogen) atoms. The van der Waals surface area contributed by atoms with Gasteiger partial charge in [0.2, 0.25) is 0 Å². The van der Waals surface area contributed by atoms with Crippen LogP contribution >= 0.6 is 0 Å². The van der Waals surface area contributed by atoms with Crippen LogP contribution in [0.1, 0.15) is 51.0 Å². The Kier molecular flexibility index (Phi) is 4.89. The van der Waals surface area contributed by atoms with Gasteiger partial charge >= 0.3 is 0 Å². The van der Waals surface area contributed by atoms with Crippen molar-refractivity contribution >= 4 is 0 Å². The summed E-state index contributed by atoms with van der Waals surface area (Å²) in [5, 5.41) is 3.59. The molecule has 0 saturated heterocycles. The minimum Gasteiger partial charge on any atom is -0.469 e. The van der Waals surface area contributed by atoms with E-state index in [-0.39, 0.29) is 0 Å². The Morgan fingerprint density at radius 3 is 2.60 bits per heavy atom. The summed E-state index contributed by atoms with van der Waals surface area (Å²) in [5.41, 5.74) is 1.29. The molecule has 2 nitrogen and oxygen atoms in total. The Labute approximate surface area is 93.1 Å². The van der Waals surface area contributed by atoms with Gasteiger partial charge in [-0.05, 0) is 31.9 Å². The van der Waals surface area contributed by atoms with Gasteiger partial charge in [-0.3, -0.25) is 0 Å². The van der Waals surface area contributed by atoms with Gasteiger partial charge in [0, 0.05) is 11.6 Å². The summed E-state index contributed by atoms with van der Waals surface area (Å²) in [6, 6.07) is 2.58. The maximum atomic E-state index is 5.38. The second kappa shape index (κ2) is 5.96. The number of aryl methyl sites for hydroxylation is 1. The van der Waals surface area contributed by atoms with E-state index in [0.717, 1.165) is 12.3 Å². The maximum Gasteiger partial charge on any atom is 0.101 e. The molecule has 86 valence electrons. The summed E-state index contributed by atoms with van der Waals surface area (Å²) >= 11 is 0. The van der Waals surface area contributed by atoms with Crippen molar-refractivity contribution in [2.45, 2.75) is 46.6 Å². The van der Waals surface area contributed by atoms with Crippen molar-refractivity contribution in [3.8, 4) is 0 Å². The zero-order chi connectivity index (χ0) is 11.3. The Bertz CT molecular complexity index is 280. The first kappa shape index (κ1) is 12.3. The van der Waals surface area contributed by atoms with Crippen molar-refractivity contribution in [3.63, 3.8) is 0 Å². The van der Waals surface area contributed by atoms with Gasteiger partial charge in [0.15, 0.2) is 0 Å². The average Bonchev–Trinajstić information content (AvgIpc) is 2.65. The van der Waals surface area contributed by atoms with Crippen molar-refractivity contribution in [1.82, 2.24) is 5.32 Å². The van der Waals surface area contributed by atoms with Gasteiger partial charge in [-0.25, -0.2) is 0 Å². The van der Waals surface area contributed by atoms with Crippen LogP contribution in [0.4, 0.5) is 0 Å². The van der Waals surface area contributed by atoms with Crippen molar-refractivity contribution in [2.24, 2.45) is 5.92 Å². The van der Waals surface area contributed by atoms with Crippen molar-refractivity contribution in [1.29, 1.82) is 0 Å². The molecule has 0 aliphatic carbocycles. The first-order valence-corrected chi connectivity index (χ1v) is 5.97. The summed E-state index contributed by atoms with van der Waals surface area (Å²) < 4.78 is 5.38. The quantitative estimate of drug-likeness (QED) is 0.773. The van der Waals surface area contributed by atoms with Crippen LogP contribution < -0.4 is 5.32 Å². The van der Waals surface area contributed by atoms with Crippen LogP contribution in [0, 0.1) is 12.8 Å². The molecule has 0 spiro atoms. The zero-order valence-corrected chi connectivity index (χ0v) is 10.3. The normalized spacial score (nSPS) is 15.2. The molecule has 0 aliphatic heterocycles. The maximum absolute atomic E-state index is 5.38. The molecule has 1 aromatic heterocycles. The SMILES string of the molecule is CCCNC(c1coc(C)c1)C(C)CC. The van der Waals surface area contributed by atoms with Crippen molar-refractivity contribution in [3.05, 3.63) is 23.7 Å². The molecule has 2 unspecified atom stereocenters. The predicted octanol–water partition coefficient (Wildman–Crippen LogP) is 3.67. The average molecular weight is 209 g/mol. The summed E-state index contributed by atoms with van der Waals surface area (Å²) in [7, 11) is 0. The van der Waals surface area contributed by atoms with Gasteiger partial charge in [0.25, 0.3) is 0 Å². The lowest BCUT2D eigenvalue weighted by atomic mass is 9.94. The monoisotopic (exact) mass is 209 g/mol. The van der Waals surface area contributed by atoms with E-state index in [0.29, 0.717) is 12.0 Å². The van der Waals surface area contributed by atoms with Crippen molar-refractivity contribution in [2.75, 3.05) is 6.54 Å². The summed E-state index contributed by atoms with van der Waals surface area (Å²) in [6.45, 7) is 9.78. The fourth-order valence-electron chi connectivity index (χ4n) is 1.81. The lowest BCUT2D eigenvalue weighted by molar-refractivity contribution is 0.374. The van der Waals surface area contributed by atoms with Gasteiger partial charge in [-0.1, -0.05) is 27.2 Å². The van der Waals surface area contributed by atoms with E-state index in [4.69, 9.17) is 4.42 Å². The van der Waals surface area contributed by atoms with Gasteiger partial charge < -0.3 is 9.73 Å². The molecule has 1 N–H and O–H groups in total. The smallest absolute Gasteiger partial charge is 0.101 e. The third-order valence-corrected chi connectivity index (χ3v) is 2.94. The first-order chi connectivity index (χ1) is 7.19. The number of rotatable bonds is 6. The van der Waals surface area contributed by atoms with Crippen LogP contribution in [-0.4, -0.2) is 6.54 Å². The van der Waals surface area contributed by atoms with Crippen LogP contribution in [0.2, 0.25) is 0 Å². The lowest BCUT2D eigenvalue weighted by Gasteiger charge is -2.23. The topological polar surface area (TPSA) is 25.2 Å². The molecule has 0 radical (unpaired) electrons. The minimum absolute atomic E-state index is 0.437. The molecule has 0 aliphatic rings. The minimum atomic E-state index is 0.437. The van der Waals surface area contributed by atoms with Crippen LogP contribution in [0.3, 0.4) is 0 Å². The zero-order valence-electron chi connectivity index (χ0n) is 10.3. The molecule has 1 aromatic rings. The lowest BCUT2D eigenvalue weighted by Crippen LogP contribution is -2.27. The molecular formula is C13H23NO. The highest BCUT2D eigenvalue weighted by atomic mass is 16.3. The first-order valence-electron chi connectivity index (χ1n) is 5.97. The molecule has 0 bridgehead atoms. The number of furan rings is 1. The highest BCUT2D eigenvalue weighted by molar-refractivity contribution is 5.17. The second-order valence-corrected chi connectivity index (χ2v) is 4.31. The highest BCUT2D eigenvalue weighted by Gasteiger charge is 2.18. The highest BCUT2D eigenvalue weighted by Crippen LogP contribution is 2.25. The summed E-state index contributed by atoms with van der Waals surface area (Å²) in [4.78, 5) is 0. The fourth-order valence-corrected chi connectivity index (χ4v) is 1.81. The Balaban J connectivity index is 2.71. The van der Waals surface area contributed by atoms with E-state index in [9.17, 15) is 0 Å². The fraction of sp³-hybridized carbons (Fsp3) is 0.692. The van der Waals surface area contributed by atoms with E-state index in [1.165, 1.54) is 18.4 Å².